The molecule has 1 saturated heterocycles. The Labute approximate surface area is 121 Å². The van der Waals surface area contributed by atoms with Crippen LogP contribution in [0.2, 0.25) is 0 Å². The molecular weight excluding hydrogens is 278 g/mol. The van der Waals surface area contributed by atoms with E-state index in [4.69, 9.17) is 10.5 Å². The largest absolute Gasteiger partial charge is 0.377 e. The van der Waals surface area contributed by atoms with Crippen molar-refractivity contribution in [1.82, 2.24) is 0 Å². The van der Waals surface area contributed by atoms with Crippen LogP contribution in [-0.4, -0.2) is 24.2 Å². The number of nitrogens with one attached hydrogen (secondary N) is 1. The van der Waals surface area contributed by atoms with E-state index < -0.39 is 28.5 Å². The third-order valence-corrected chi connectivity index (χ3v) is 5.01. The molecule has 0 aromatic heterocycles. The van der Waals surface area contributed by atoms with Crippen LogP contribution in [0.1, 0.15) is 20.3 Å². The highest BCUT2D eigenvalue weighted by atomic mass is 19.1. The Hall–Kier alpha value is -1.53. The number of anilines is 1. The van der Waals surface area contributed by atoms with Crippen LogP contribution in [-0.2, 0) is 9.53 Å². The molecule has 3 N–H and O–H groups in total. The Morgan fingerprint density at radius 2 is 2.14 bits per heavy atom. The second kappa shape index (κ2) is 4.48. The fourth-order valence-corrected chi connectivity index (χ4v) is 3.66. The molecule has 2 aliphatic rings. The van der Waals surface area contributed by atoms with E-state index in [1.54, 1.807) is 0 Å². The van der Waals surface area contributed by atoms with Gasteiger partial charge < -0.3 is 15.8 Å². The highest BCUT2D eigenvalue weighted by molar-refractivity contribution is 6.00. The molecule has 0 spiro atoms. The summed E-state index contributed by atoms with van der Waals surface area (Å²) < 4.78 is 32.5. The smallest absolute Gasteiger partial charge is 0.245 e. The average Bonchev–Trinajstić information content (AvgIpc) is 2.90. The average molecular weight is 296 g/mol. The number of carbonyl (C=O) groups excluding carboxylic acids is 1. The van der Waals surface area contributed by atoms with E-state index in [0.29, 0.717) is 13.0 Å². The maximum absolute atomic E-state index is 13.7. The number of amides is 1. The zero-order valence-electron chi connectivity index (χ0n) is 12.0. The van der Waals surface area contributed by atoms with E-state index in [1.165, 1.54) is 0 Å². The number of benzene rings is 1. The third kappa shape index (κ3) is 1.82. The molecule has 3 rings (SSSR count). The van der Waals surface area contributed by atoms with Crippen molar-refractivity contribution in [1.29, 1.82) is 0 Å². The molecule has 1 aromatic carbocycles. The van der Waals surface area contributed by atoms with E-state index >= 15 is 0 Å². The first-order valence-corrected chi connectivity index (χ1v) is 6.95. The van der Waals surface area contributed by atoms with Gasteiger partial charge in [0.1, 0.15) is 17.2 Å². The van der Waals surface area contributed by atoms with Gasteiger partial charge in [-0.05, 0) is 18.6 Å². The van der Waals surface area contributed by atoms with Gasteiger partial charge in [-0.2, -0.15) is 0 Å². The molecule has 1 amide bonds. The molecule has 1 aliphatic heterocycles. The zero-order valence-corrected chi connectivity index (χ0v) is 12.0. The lowest BCUT2D eigenvalue weighted by Gasteiger charge is -2.60. The fraction of sp³-hybridized carbons (Fsp3) is 0.533. The van der Waals surface area contributed by atoms with Crippen LogP contribution in [0, 0.1) is 23.0 Å². The standard InChI is InChI=1S/C15H18F2N2O2/c1-14(2)12-9(5-6-21-12)15(14,18)13(20)19-11-7-8(16)3-4-10(11)17/h3-4,7,9,12H,5-6,18H2,1-2H3,(H,19,20). The Balaban J connectivity index is 1.87. The van der Waals surface area contributed by atoms with Crippen molar-refractivity contribution in [2.75, 3.05) is 11.9 Å². The highest BCUT2D eigenvalue weighted by Gasteiger charge is 2.71. The van der Waals surface area contributed by atoms with Gasteiger partial charge in [-0.15, -0.1) is 0 Å². The van der Waals surface area contributed by atoms with Gasteiger partial charge in [0.15, 0.2) is 0 Å². The normalized spacial score (nSPS) is 33.2. The maximum atomic E-state index is 13.7. The Morgan fingerprint density at radius 1 is 1.43 bits per heavy atom. The summed E-state index contributed by atoms with van der Waals surface area (Å²) in [6.45, 7) is 4.29. The second-order valence-electron chi connectivity index (χ2n) is 6.36. The molecule has 1 heterocycles. The summed E-state index contributed by atoms with van der Waals surface area (Å²) in [5.41, 5.74) is 4.45. The lowest BCUT2D eigenvalue weighted by molar-refractivity contribution is -0.170. The van der Waals surface area contributed by atoms with Crippen LogP contribution in [0.3, 0.4) is 0 Å². The van der Waals surface area contributed by atoms with E-state index in [1.807, 2.05) is 13.8 Å². The van der Waals surface area contributed by atoms with Crippen molar-refractivity contribution in [3.8, 4) is 0 Å². The van der Waals surface area contributed by atoms with Crippen molar-refractivity contribution < 1.29 is 18.3 Å². The number of rotatable bonds is 2. The molecule has 21 heavy (non-hydrogen) atoms. The molecule has 3 unspecified atom stereocenters. The maximum Gasteiger partial charge on any atom is 0.245 e. The first-order chi connectivity index (χ1) is 9.78. The minimum Gasteiger partial charge on any atom is -0.377 e. The monoisotopic (exact) mass is 296 g/mol. The Morgan fingerprint density at radius 3 is 2.86 bits per heavy atom. The van der Waals surface area contributed by atoms with Gasteiger partial charge in [0.25, 0.3) is 0 Å². The van der Waals surface area contributed by atoms with E-state index in [9.17, 15) is 13.6 Å². The first kappa shape index (κ1) is 14.4. The zero-order chi connectivity index (χ0) is 15.4. The highest BCUT2D eigenvalue weighted by Crippen LogP contribution is 2.58. The minimum absolute atomic E-state index is 0.0643. The summed E-state index contributed by atoms with van der Waals surface area (Å²) in [5, 5.41) is 2.43. The van der Waals surface area contributed by atoms with E-state index in [0.717, 1.165) is 18.2 Å². The van der Waals surface area contributed by atoms with Crippen molar-refractivity contribution in [3.63, 3.8) is 0 Å². The number of fused-ring (bicyclic) bond motifs is 1. The molecule has 3 atom stereocenters. The Bertz CT molecular complexity index is 605. The molecule has 1 aromatic rings. The molecule has 1 aliphatic carbocycles. The van der Waals surface area contributed by atoms with Gasteiger partial charge in [-0.1, -0.05) is 13.8 Å². The number of nitrogens with two attached hydrogens (primary N) is 1. The predicted octanol–water partition coefficient (Wildman–Crippen LogP) is 2.05. The van der Waals surface area contributed by atoms with Gasteiger partial charge in [-0.25, -0.2) is 8.78 Å². The number of ether oxygens (including phenoxy) is 1. The molecule has 6 heteroatoms. The van der Waals surface area contributed by atoms with Crippen molar-refractivity contribution >= 4 is 11.6 Å². The van der Waals surface area contributed by atoms with Crippen molar-refractivity contribution in [2.24, 2.45) is 17.1 Å². The van der Waals surface area contributed by atoms with Crippen LogP contribution in [0.5, 0.6) is 0 Å². The topological polar surface area (TPSA) is 64.3 Å². The lowest BCUT2D eigenvalue weighted by Crippen LogP contribution is -2.79. The fourth-order valence-electron chi connectivity index (χ4n) is 3.66. The molecular formula is C15H18F2N2O2. The van der Waals surface area contributed by atoms with Crippen molar-refractivity contribution in [2.45, 2.75) is 31.9 Å². The quantitative estimate of drug-likeness (QED) is 0.878. The van der Waals surface area contributed by atoms with Gasteiger partial charge in [0, 0.05) is 24.0 Å². The summed E-state index contributed by atoms with van der Waals surface area (Å²) in [7, 11) is 0. The molecule has 114 valence electrons. The molecule has 2 fully saturated rings. The number of hydrogen-bond donors (Lipinski definition) is 2. The number of carbonyl (C=O) groups is 1. The Kier molecular flexibility index (Phi) is 3.07. The van der Waals surface area contributed by atoms with Crippen molar-refractivity contribution in [3.05, 3.63) is 29.8 Å². The summed E-state index contributed by atoms with van der Waals surface area (Å²) in [6, 6.07) is 2.92. The predicted molar refractivity (Wildman–Crippen MR) is 73.5 cm³/mol. The first-order valence-electron chi connectivity index (χ1n) is 6.95. The SMILES string of the molecule is CC1(C)C2OCCC2C1(N)C(=O)Nc1cc(F)ccc1F. The van der Waals surface area contributed by atoms with Gasteiger partial charge in [-0.3, -0.25) is 4.79 Å². The van der Waals surface area contributed by atoms with Gasteiger partial charge in [0.2, 0.25) is 5.91 Å². The van der Waals surface area contributed by atoms with Crippen LogP contribution < -0.4 is 11.1 Å². The molecule has 0 radical (unpaired) electrons. The van der Waals surface area contributed by atoms with Crippen LogP contribution in [0.25, 0.3) is 0 Å². The van der Waals surface area contributed by atoms with E-state index in [2.05, 4.69) is 5.32 Å². The summed E-state index contributed by atoms with van der Waals surface area (Å²) in [6.07, 6.45) is 0.634. The van der Waals surface area contributed by atoms with Crippen LogP contribution in [0.4, 0.5) is 14.5 Å². The lowest BCUT2D eigenvalue weighted by atomic mass is 9.48. The summed E-state index contributed by atoms with van der Waals surface area (Å²) >= 11 is 0. The van der Waals surface area contributed by atoms with Crippen LogP contribution in [0.15, 0.2) is 18.2 Å². The summed E-state index contributed by atoms with van der Waals surface area (Å²) in [4.78, 5) is 12.6. The number of hydrogen-bond acceptors (Lipinski definition) is 3. The summed E-state index contributed by atoms with van der Waals surface area (Å²) in [5.74, 6) is -1.90. The van der Waals surface area contributed by atoms with E-state index in [-0.39, 0.29) is 17.7 Å². The number of halogens is 2. The van der Waals surface area contributed by atoms with Crippen LogP contribution >= 0.6 is 0 Å². The third-order valence-electron chi connectivity index (χ3n) is 5.01. The second-order valence-corrected chi connectivity index (χ2v) is 6.36. The van der Waals surface area contributed by atoms with Gasteiger partial charge in [0.05, 0.1) is 11.8 Å². The molecule has 1 saturated carbocycles. The minimum atomic E-state index is -1.15. The van der Waals surface area contributed by atoms with Gasteiger partial charge >= 0.3 is 0 Å². The molecule has 0 bridgehead atoms. The molecule has 4 nitrogen and oxygen atoms in total.